The van der Waals surface area contributed by atoms with Crippen LogP contribution in [0, 0.1) is 34.3 Å². The third kappa shape index (κ3) is 4.13. The molecule has 3 aromatic carbocycles. The molecule has 6 N–H and O–H groups in total. The highest BCUT2D eigenvalue weighted by Gasteiger charge is 2.38. The summed E-state index contributed by atoms with van der Waals surface area (Å²) < 4.78 is 38.7. The highest BCUT2D eigenvalue weighted by Crippen LogP contribution is 2.48. The van der Waals surface area contributed by atoms with E-state index < -0.39 is 23.5 Å². The van der Waals surface area contributed by atoms with Gasteiger partial charge in [0.2, 0.25) is 23.5 Å². The summed E-state index contributed by atoms with van der Waals surface area (Å²) in [5.74, 6) is -1.87. The number of nitrogens with zero attached hydrogens (tertiary/aromatic N) is 4. The van der Waals surface area contributed by atoms with Crippen LogP contribution in [-0.2, 0) is 0 Å². The molecule has 214 valence electrons. The summed E-state index contributed by atoms with van der Waals surface area (Å²) in [4.78, 5) is 0. The van der Waals surface area contributed by atoms with E-state index in [0.29, 0.717) is 44.8 Å². The van der Waals surface area contributed by atoms with Crippen LogP contribution in [0.4, 0.5) is 8.78 Å². The van der Waals surface area contributed by atoms with Gasteiger partial charge in [-0.25, -0.2) is 8.78 Å². The largest absolute Gasteiger partial charge is 0.420 e. The number of benzene rings is 3. The van der Waals surface area contributed by atoms with Crippen molar-refractivity contribution < 1.29 is 18.3 Å². The van der Waals surface area contributed by atoms with E-state index in [0.717, 1.165) is 0 Å². The molecule has 2 aliphatic rings. The first kappa shape index (κ1) is 26.5. The molecule has 0 aliphatic carbocycles. The van der Waals surface area contributed by atoms with Crippen molar-refractivity contribution in [2.24, 2.45) is 11.5 Å². The Labute approximate surface area is 248 Å². The minimum absolute atomic E-state index is 0.0786. The first-order chi connectivity index (χ1) is 21.4. The molecule has 0 saturated heterocycles. The van der Waals surface area contributed by atoms with Gasteiger partial charge in [0.15, 0.2) is 0 Å². The van der Waals surface area contributed by atoms with E-state index >= 15 is 0 Å². The fraction of sp³-hybridized carbons (Fsp3) is 0.0625. The molecule has 44 heavy (non-hydrogen) atoms. The van der Waals surface area contributed by atoms with Gasteiger partial charge >= 0.3 is 0 Å². The van der Waals surface area contributed by atoms with Crippen LogP contribution in [0.2, 0.25) is 0 Å². The number of ether oxygens (including phenoxy) is 2. The van der Waals surface area contributed by atoms with E-state index in [2.05, 4.69) is 32.5 Å². The smallest absolute Gasteiger partial charge is 0.244 e. The number of allylic oxidation sites excluding steroid dienone is 2. The highest BCUT2D eigenvalue weighted by molar-refractivity contribution is 5.72. The zero-order valence-electron chi connectivity index (χ0n) is 22.6. The van der Waals surface area contributed by atoms with Crippen LogP contribution in [0.25, 0.3) is 22.5 Å². The number of H-pyrrole nitrogens is 2. The molecule has 2 aromatic heterocycles. The minimum Gasteiger partial charge on any atom is -0.420 e. The number of halogens is 2. The second-order valence-corrected chi connectivity index (χ2v) is 10.2. The molecule has 0 saturated carbocycles. The van der Waals surface area contributed by atoms with E-state index in [1.807, 2.05) is 24.3 Å². The Kier molecular flexibility index (Phi) is 6.11. The van der Waals surface area contributed by atoms with Crippen molar-refractivity contribution in [1.82, 2.24) is 20.4 Å². The monoisotopic (exact) mass is 586 g/mol. The normalized spacial score (nSPS) is 17.2. The van der Waals surface area contributed by atoms with Crippen LogP contribution < -0.4 is 20.9 Å². The summed E-state index contributed by atoms with van der Waals surface area (Å²) in [6.07, 6.45) is 0. The number of rotatable bonds is 4. The van der Waals surface area contributed by atoms with Crippen LogP contribution in [0.3, 0.4) is 0 Å². The standard InChI is InChI=1S/C32H20F2N8O2/c33-19-9-5-17(6-10-19)27-25-23(21(13-35)29(37)43-31(25)41-39-27)15-1-2-16(4-3-15)24-22(14-36)30(38)44-32-26(24)28(40-42-32)18-7-11-20(34)12-8-18/h1-12,23-24H,37-38H2,(H,39,41)(H,40,42). The Morgan fingerprint density at radius 3 is 1.32 bits per heavy atom. The highest BCUT2D eigenvalue weighted by atomic mass is 19.1. The number of aromatic nitrogens is 4. The van der Waals surface area contributed by atoms with Crippen molar-refractivity contribution in [1.29, 1.82) is 10.5 Å². The first-order valence-electron chi connectivity index (χ1n) is 13.3. The SMILES string of the molecule is N#CC1=C(N)Oc2n[nH]c(-c3ccc(F)cc3)c2C1c1ccc(C2C(C#N)=C(N)Oc3n[nH]c(-c4ccc(F)cc4)c32)cc1. The van der Waals surface area contributed by atoms with Gasteiger partial charge < -0.3 is 20.9 Å². The van der Waals surface area contributed by atoms with Crippen LogP contribution >= 0.6 is 0 Å². The Bertz CT molecular complexity index is 1930. The maximum Gasteiger partial charge on any atom is 0.244 e. The van der Waals surface area contributed by atoms with Crippen molar-refractivity contribution in [3.8, 4) is 46.4 Å². The average Bonchev–Trinajstić information content (AvgIpc) is 3.65. The Morgan fingerprint density at radius 2 is 0.977 bits per heavy atom. The summed E-state index contributed by atoms with van der Waals surface area (Å²) in [5.41, 5.74) is 17.6. The molecule has 7 rings (SSSR count). The number of aromatic amines is 2. The molecule has 0 spiro atoms. The van der Waals surface area contributed by atoms with Gasteiger partial charge in [0.1, 0.15) is 34.9 Å². The summed E-state index contributed by atoms with van der Waals surface area (Å²) in [6, 6.07) is 23.3. The molecule has 0 amide bonds. The maximum atomic E-state index is 13.7. The van der Waals surface area contributed by atoms with E-state index in [-0.39, 0.29) is 34.7 Å². The lowest BCUT2D eigenvalue weighted by Gasteiger charge is -2.26. The van der Waals surface area contributed by atoms with Crippen molar-refractivity contribution in [3.63, 3.8) is 0 Å². The van der Waals surface area contributed by atoms with Gasteiger partial charge in [0, 0.05) is 11.1 Å². The van der Waals surface area contributed by atoms with E-state index in [4.69, 9.17) is 20.9 Å². The fourth-order valence-corrected chi connectivity index (χ4v) is 5.71. The lowest BCUT2D eigenvalue weighted by atomic mass is 9.80. The molecule has 0 radical (unpaired) electrons. The summed E-state index contributed by atoms with van der Waals surface area (Å²) in [7, 11) is 0. The summed E-state index contributed by atoms with van der Waals surface area (Å²) in [6.45, 7) is 0. The topological polar surface area (TPSA) is 175 Å². The Hall–Kier alpha value is -6.40. The second-order valence-electron chi connectivity index (χ2n) is 10.2. The predicted octanol–water partition coefficient (Wildman–Crippen LogP) is 5.18. The number of nitrogens with one attached hydrogen (secondary N) is 2. The zero-order valence-corrected chi connectivity index (χ0v) is 22.6. The molecular weight excluding hydrogens is 566 g/mol. The molecule has 10 nitrogen and oxygen atoms in total. The quantitative estimate of drug-likeness (QED) is 0.223. The number of hydrogen-bond donors (Lipinski definition) is 4. The maximum absolute atomic E-state index is 13.7. The van der Waals surface area contributed by atoms with Crippen LogP contribution in [0.1, 0.15) is 34.1 Å². The van der Waals surface area contributed by atoms with Gasteiger partial charge in [0.25, 0.3) is 0 Å². The van der Waals surface area contributed by atoms with Gasteiger partial charge in [-0.15, -0.1) is 10.2 Å². The van der Waals surface area contributed by atoms with Crippen LogP contribution in [0.5, 0.6) is 11.8 Å². The number of fused-ring (bicyclic) bond motifs is 2. The molecule has 2 aliphatic heterocycles. The van der Waals surface area contributed by atoms with Crippen molar-refractivity contribution in [2.75, 3.05) is 0 Å². The predicted molar refractivity (Wildman–Crippen MR) is 153 cm³/mol. The molecular formula is C32H20F2N8O2. The van der Waals surface area contributed by atoms with Gasteiger partial charge in [-0.1, -0.05) is 24.3 Å². The minimum atomic E-state index is -0.665. The fourth-order valence-electron chi connectivity index (χ4n) is 5.71. The Morgan fingerprint density at radius 1 is 0.614 bits per heavy atom. The Balaban J connectivity index is 1.34. The number of nitrogens with two attached hydrogens (primary N) is 2. The summed E-state index contributed by atoms with van der Waals surface area (Å²) >= 11 is 0. The van der Waals surface area contributed by atoms with Crippen molar-refractivity contribution in [2.45, 2.75) is 11.8 Å². The van der Waals surface area contributed by atoms with Gasteiger partial charge in [0.05, 0.1) is 34.4 Å². The first-order valence-corrected chi connectivity index (χ1v) is 13.3. The van der Waals surface area contributed by atoms with Gasteiger partial charge in [-0.05, 0) is 59.7 Å². The molecule has 12 heteroatoms. The number of nitriles is 2. The van der Waals surface area contributed by atoms with Crippen molar-refractivity contribution >= 4 is 0 Å². The number of hydrogen-bond acceptors (Lipinski definition) is 8. The van der Waals surface area contributed by atoms with E-state index in [1.165, 1.54) is 24.3 Å². The van der Waals surface area contributed by atoms with Gasteiger partial charge in [-0.2, -0.15) is 10.5 Å². The molecule has 0 fully saturated rings. The molecule has 2 unspecified atom stereocenters. The average molecular weight is 587 g/mol. The lowest BCUT2D eigenvalue weighted by Crippen LogP contribution is -2.22. The molecule has 5 aromatic rings. The second kappa shape index (κ2) is 10.2. The van der Waals surface area contributed by atoms with Crippen molar-refractivity contribution in [3.05, 3.63) is 130 Å². The van der Waals surface area contributed by atoms with Crippen LogP contribution in [-0.4, -0.2) is 20.4 Å². The third-order valence-corrected chi connectivity index (χ3v) is 7.75. The molecule has 0 bridgehead atoms. The lowest BCUT2D eigenvalue weighted by molar-refractivity contribution is 0.378. The zero-order chi connectivity index (χ0) is 30.5. The third-order valence-electron chi connectivity index (χ3n) is 7.75. The van der Waals surface area contributed by atoms with E-state index in [1.54, 1.807) is 24.3 Å². The van der Waals surface area contributed by atoms with E-state index in [9.17, 15) is 19.3 Å². The summed E-state index contributed by atoms with van der Waals surface area (Å²) in [5, 5.41) is 34.6. The van der Waals surface area contributed by atoms with Crippen LogP contribution in [0.15, 0.2) is 95.7 Å². The molecule has 4 heterocycles. The molecule has 2 atom stereocenters. The van der Waals surface area contributed by atoms with Gasteiger partial charge in [-0.3, -0.25) is 10.2 Å².